The SMILES string of the molecule is COc1ccc(OC)c(C(=O)COC(=O)CCc2cccc(OC)c2OC)c1. The Morgan fingerprint density at radius 2 is 1.61 bits per heavy atom. The summed E-state index contributed by atoms with van der Waals surface area (Å²) in [4.78, 5) is 24.5. The second kappa shape index (κ2) is 10.2. The molecular weight excluding hydrogens is 364 g/mol. The summed E-state index contributed by atoms with van der Waals surface area (Å²) < 4.78 is 26.0. The van der Waals surface area contributed by atoms with Crippen LogP contribution in [0.4, 0.5) is 0 Å². The second-order valence-electron chi connectivity index (χ2n) is 5.80. The van der Waals surface area contributed by atoms with E-state index in [9.17, 15) is 9.59 Å². The molecule has 0 saturated heterocycles. The third kappa shape index (κ3) is 5.16. The van der Waals surface area contributed by atoms with Gasteiger partial charge in [0.1, 0.15) is 11.5 Å². The number of Topliss-reactive ketones (excluding diaryl/α,β-unsaturated/α-hetero) is 1. The fourth-order valence-electron chi connectivity index (χ4n) is 2.72. The highest BCUT2D eigenvalue weighted by Crippen LogP contribution is 2.31. The van der Waals surface area contributed by atoms with E-state index in [2.05, 4.69) is 0 Å². The number of ketones is 1. The third-order valence-electron chi connectivity index (χ3n) is 4.15. The smallest absolute Gasteiger partial charge is 0.306 e. The van der Waals surface area contributed by atoms with E-state index in [1.165, 1.54) is 14.2 Å². The molecule has 7 heteroatoms. The molecule has 0 aromatic heterocycles. The highest BCUT2D eigenvalue weighted by molar-refractivity contribution is 6.00. The first-order valence-corrected chi connectivity index (χ1v) is 8.64. The maximum Gasteiger partial charge on any atom is 0.306 e. The zero-order valence-corrected chi connectivity index (χ0v) is 16.4. The first kappa shape index (κ1) is 21.1. The van der Waals surface area contributed by atoms with Crippen LogP contribution in [0.5, 0.6) is 23.0 Å². The van der Waals surface area contributed by atoms with Crippen molar-refractivity contribution in [2.24, 2.45) is 0 Å². The van der Waals surface area contributed by atoms with E-state index in [0.717, 1.165) is 5.56 Å². The van der Waals surface area contributed by atoms with Gasteiger partial charge in [-0.1, -0.05) is 12.1 Å². The minimum Gasteiger partial charge on any atom is -0.497 e. The first-order chi connectivity index (χ1) is 13.5. The molecule has 0 amide bonds. The van der Waals surface area contributed by atoms with Gasteiger partial charge in [0.15, 0.2) is 18.1 Å². The predicted molar refractivity (Wildman–Crippen MR) is 103 cm³/mol. The molecule has 2 aromatic rings. The van der Waals surface area contributed by atoms with Crippen LogP contribution in [0.3, 0.4) is 0 Å². The average Bonchev–Trinajstić information content (AvgIpc) is 2.74. The normalized spacial score (nSPS) is 10.1. The molecular formula is C21H24O7. The number of hydrogen-bond acceptors (Lipinski definition) is 7. The summed E-state index contributed by atoms with van der Waals surface area (Å²) in [5, 5.41) is 0. The maximum absolute atomic E-state index is 12.4. The lowest BCUT2D eigenvalue weighted by atomic mass is 10.1. The highest BCUT2D eigenvalue weighted by atomic mass is 16.5. The number of para-hydroxylation sites is 1. The van der Waals surface area contributed by atoms with Crippen molar-refractivity contribution < 1.29 is 33.3 Å². The van der Waals surface area contributed by atoms with Crippen LogP contribution in [0.25, 0.3) is 0 Å². The fraction of sp³-hybridized carbons (Fsp3) is 0.333. The van der Waals surface area contributed by atoms with Crippen LogP contribution in [0.2, 0.25) is 0 Å². The van der Waals surface area contributed by atoms with Crippen molar-refractivity contribution in [1.29, 1.82) is 0 Å². The molecule has 28 heavy (non-hydrogen) atoms. The molecule has 2 rings (SSSR count). The van der Waals surface area contributed by atoms with Crippen molar-refractivity contribution >= 4 is 11.8 Å². The lowest BCUT2D eigenvalue weighted by Crippen LogP contribution is -2.15. The van der Waals surface area contributed by atoms with Crippen LogP contribution < -0.4 is 18.9 Å². The average molecular weight is 388 g/mol. The minimum absolute atomic E-state index is 0.103. The van der Waals surface area contributed by atoms with E-state index in [1.807, 2.05) is 12.1 Å². The molecule has 0 radical (unpaired) electrons. The molecule has 0 fully saturated rings. The van der Waals surface area contributed by atoms with Gasteiger partial charge in [-0.05, 0) is 36.2 Å². The first-order valence-electron chi connectivity index (χ1n) is 8.64. The molecule has 7 nitrogen and oxygen atoms in total. The molecule has 0 aliphatic rings. The van der Waals surface area contributed by atoms with Crippen molar-refractivity contribution in [1.82, 2.24) is 0 Å². The van der Waals surface area contributed by atoms with Crippen LogP contribution in [-0.2, 0) is 16.0 Å². The Bertz CT molecular complexity index is 829. The van der Waals surface area contributed by atoms with Crippen LogP contribution in [0.1, 0.15) is 22.3 Å². The van der Waals surface area contributed by atoms with E-state index in [1.54, 1.807) is 38.5 Å². The lowest BCUT2D eigenvalue weighted by Gasteiger charge is -2.12. The summed E-state index contributed by atoms with van der Waals surface area (Å²) in [6.07, 6.45) is 0.502. The van der Waals surface area contributed by atoms with E-state index < -0.39 is 5.97 Å². The topological polar surface area (TPSA) is 80.3 Å². The van der Waals surface area contributed by atoms with Gasteiger partial charge in [-0.3, -0.25) is 9.59 Å². The number of esters is 1. The molecule has 150 valence electrons. The number of ether oxygens (including phenoxy) is 5. The van der Waals surface area contributed by atoms with Crippen LogP contribution in [0.15, 0.2) is 36.4 Å². The molecule has 0 aliphatic carbocycles. The molecule has 0 atom stereocenters. The Hall–Kier alpha value is -3.22. The number of carbonyl (C=O) groups excluding carboxylic acids is 2. The molecule has 0 bridgehead atoms. The van der Waals surface area contributed by atoms with Crippen molar-refractivity contribution in [3.8, 4) is 23.0 Å². The van der Waals surface area contributed by atoms with E-state index in [0.29, 0.717) is 35.0 Å². The maximum atomic E-state index is 12.4. The molecule has 0 heterocycles. The summed E-state index contributed by atoms with van der Waals surface area (Å²) in [5.41, 5.74) is 1.11. The van der Waals surface area contributed by atoms with Crippen molar-refractivity contribution in [3.63, 3.8) is 0 Å². The van der Waals surface area contributed by atoms with Crippen LogP contribution in [-0.4, -0.2) is 46.8 Å². The summed E-state index contributed by atoms with van der Waals surface area (Å²) in [6, 6.07) is 10.3. The molecule has 0 N–H and O–H groups in total. The van der Waals surface area contributed by atoms with Gasteiger partial charge in [-0.25, -0.2) is 0 Å². The standard InChI is InChI=1S/C21H24O7/c1-24-15-9-10-18(25-2)16(12-15)17(22)13-28-20(23)11-8-14-6-5-7-19(26-3)21(14)27-4/h5-7,9-10,12H,8,11,13H2,1-4H3. The number of carbonyl (C=O) groups is 2. The molecule has 2 aromatic carbocycles. The molecule has 0 unspecified atom stereocenters. The summed E-state index contributed by atoms with van der Waals surface area (Å²) >= 11 is 0. The fourth-order valence-corrected chi connectivity index (χ4v) is 2.72. The second-order valence-corrected chi connectivity index (χ2v) is 5.80. The van der Waals surface area contributed by atoms with E-state index >= 15 is 0 Å². The Kier molecular flexibility index (Phi) is 7.68. The van der Waals surface area contributed by atoms with Crippen molar-refractivity contribution in [3.05, 3.63) is 47.5 Å². The summed E-state index contributed by atoms with van der Waals surface area (Å²) in [6.45, 7) is -0.377. The van der Waals surface area contributed by atoms with Crippen LogP contribution in [0, 0.1) is 0 Å². The Morgan fingerprint density at radius 3 is 2.25 bits per heavy atom. The van der Waals surface area contributed by atoms with E-state index in [4.69, 9.17) is 23.7 Å². The minimum atomic E-state index is -0.486. The highest BCUT2D eigenvalue weighted by Gasteiger charge is 2.17. The van der Waals surface area contributed by atoms with Gasteiger partial charge in [0.05, 0.1) is 34.0 Å². The number of methoxy groups -OCH3 is 4. The van der Waals surface area contributed by atoms with Gasteiger partial charge < -0.3 is 23.7 Å². The Morgan fingerprint density at radius 1 is 0.857 bits per heavy atom. The quantitative estimate of drug-likeness (QED) is 0.457. The van der Waals surface area contributed by atoms with Gasteiger partial charge in [-0.15, -0.1) is 0 Å². The zero-order valence-electron chi connectivity index (χ0n) is 16.4. The van der Waals surface area contributed by atoms with Gasteiger partial charge in [0.2, 0.25) is 5.78 Å². The largest absolute Gasteiger partial charge is 0.497 e. The van der Waals surface area contributed by atoms with Crippen molar-refractivity contribution in [2.75, 3.05) is 35.0 Å². The van der Waals surface area contributed by atoms with E-state index in [-0.39, 0.29) is 18.8 Å². The summed E-state index contributed by atoms with van der Waals surface area (Å²) in [5.74, 6) is 1.22. The number of aryl methyl sites for hydroxylation is 1. The van der Waals surface area contributed by atoms with Gasteiger partial charge >= 0.3 is 5.97 Å². The van der Waals surface area contributed by atoms with Gasteiger partial charge in [0.25, 0.3) is 0 Å². The molecule has 0 spiro atoms. The number of rotatable bonds is 10. The molecule has 0 aliphatic heterocycles. The zero-order chi connectivity index (χ0) is 20.5. The number of hydrogen-bond donors (Lipinski definition) is 0. The number of benzene rings is 2. The van der Waals surface area contributed by atoms with Crippen LogP contribution >= 0.6 is 0 Å². The van der Waals surface area contributed by atoms with Gasteiger partial charge in [-0.2, -0.15) is 0 Å². The summed E-state index contributed by atoms with van der Waals surface area (Å²) in [7, 11) is 6.06. The Labute approximate surface area is 164 Å². The lowest BCUT2D eigenvalue weighted by molar-refractivity contribution is -0.142. The predicted octanol–water partition coefficient (Wildman–Crippen LogP) is 3.08. The third-order valence-corrected chi connectivity index (χ3v) is 4.15. The molecule has 0 saturated carbocycles. The monoisotopic (exact) mass is 388 g/mol. The Balaban J connectivity index is 1.95. The van der Waals surface area contributed by atoms with Gasteiger partial charge in [0, 0.05) is 6.42 Å². The van der Waals surface area contributed by atoms with Crippen molar-refractivity contribution in [2.45, 2.75) is 12.8 Å².